The van der Waals surface area contributed by atoms with Crippen LogP contribution >= 0.6 is 23.2 Å². The molecule has 2 atom stereocenters. The Morgan fingerprint density at radius 3 is 1.89 bits per heavy atom. The molecule has 1 aliphatic heterocycles. The SMILES string of the molecule is CC(C(O)c1cc(Cl)c(O)c(Cl)c1)N1CCC(O)(c2ccc(C(F)(F)F)cc2)CC1.CS(=O)(=O)O. The maximum atomic E-state index is 12.8. The lowest BCUT2D eigenvalue weighted by atomic mass is 9.83. The number of rotatable bonds is 4. The van der Waals surface area contributed by atoms with Gasteiger partial charge in [-0.2, -0.15) is 21.6 Å². The summed E-state index contributed by atoms with van der Waals surface area (Å²) in [5, 5.41) is 31.4. The van der Waals surface area contributed by atoms with Crippen molar-refractivity contribution in [2.24, 2.45) is 0 Å². The monoisotopic (exact) mass is 559 g/mol. The third kappa shape index (κ3) is 8.21. The van der Waals surface area contributed by atoms with Crippen LogP contribution in [0, 0.1) is 0 Å². The standard InChI is InChI=1S/C21H22Cl2F3NO3.CH4O3S/c1-12(18(28)13-10-16(22)19(29)17(23)11-13)27-8-6-20(30,7-9-27)14-2-4-15(5-3-14)21(24,25)26;1-5(2,3)4/h2-5,10-12,18,28-30H,6-9H2,1H3;1H3,(H,2,3,4). The van der Waals surface area contributed by atoms with E-state index in [0.717, 1.165) is 12.1 Å². The second kappa shape index (κ2) is 11.2. The van der Waals surface area contributed by atoms with Crippen LogP contribution in [0.1, 0.15) is 42.6 Å². The quantitative estimate of drug-likeness (QED) is 0.403. The molecule has 1 saturated heterocycles. The summed E-state index contributed by atoms with van der Waals surface area (Å²) in [5.41, 5.74) is -1.08. The summed E-state index contributed by atoms with van der Waals surface area (Å²) in [4.78, 5) is 1.98. The van der Waals surface area contributed by atoms with E-state index in [2.05, 4.69) is 0 Å². The van der Waals surface area contributed by atoms with Crippen LogP contribution in [0.25, 0.3) is 0 Å². The summed E-state index contributed by atoms with van der Waals surface area (Å²) < 4.78 is 64.2. The van der Waals surface area contributed by atoms with E-state index in [4.69, 9.17) is 27.8 Å². The molecule has 7 nitrogen and oxygen atoms in total. The predicted octanol–water partition coefficient (Wildman–Crippen LogP) is 4.63. The summed E-state index contributed by atoms with van der Waals surface area (Å²) >= 11 is 11.9. The Kier molecular flexibility index (Phi) is 9.48. The number of aromatic hydroxyl groups is 1. The third-order valence-electron chi connectivity index (χ3n) is 5.79. The highest BCUT2D eigenvalue weighted by molar-refractivity contribution is 7.85. The van der Waals surface area contributed by atoms with Gasteiger partial charge < -0.3 is 15.3 Å². The molecule has 1 fully saturated rings. The number of phenols is 1. The predicted molar refractivity (Wildman–Crippen MR) is 126 cm³/mol. The molecule has 13 heteroatoms. The van der Waals surface area contributed by atoms with E-state index in [9.17, 15) is 36.9 Å². The van der Waals surface area contributed by atoms with Gasteiger partial charge in [0.05, 0.1) is 33.6 Å². The molecule has 3 rings (SSSR count). The zero-order valence-electron chi connectivity index (χ0n) is 18.8. The van der Waals surface area contributed by atoms with E-state index >= 15 is 0 Å². The molecule has 0 amide bonds. The molecule has 35 heavy (non-hydrogen) atoms. The summed E-state index contributed by atoms with van der Waals surface area (Å²) in [6.07, 6.45) is -4.01. The Balaban J connectivity index is 0.000000784. The number of alkyl halides is 3. The van der Waals surface area contributed by atoms with Crippen LogP contribution in [0.4, 0.5) is 13.2 Å². The Hall–Kier alpha value is -1.60. The number of hydrogen-bond acceptors (Lipinski definition) is 6. The number of aliphatic hydroxyl groups is 2. The first kappa shape index (κ1) is 29.6. The van der Waals surface area contributed by atoms with Crippen LogP contribution < -0.4 is 0 Å². The van der Waals surface area contributed by atoms with E-state index in [-0.39, 0.29) is 21.8 Å². The Labute approximate surface area is 211 Å². The van der Waals surface area contributed by atoms with Gasteiger partial charge in [-0.3, -0.25) is 9.45 Å². The highest BCUT2D eigenvalue weighted by atomic mass is 35.5. The van der Waals surface area contributed by atoms with Crippen molar-refractivity contribution in [3.63, 3.8) is 0 Å². The summed E-state index contributed by atoms with van der Waals surface area (Å²) in [5.74, 6) is -0.249. The molecule has 4 N–H and O–H groups in total. The van der Waals surface area contributed by atoms with Gasteiger partial charge in [-0.1, -0.05) is 35.3 Å². The van der Waals surface area contributed by atoms with Crippen molar-refractivity contribution in [1.29, 1.82) is 0 Å². The van der Waals surface area contributed by atoms with Crippen molar-refractivity contribution in [1.82, 2.24) is 4.90 Å². The topological polar surface area (TPSA) is 118 Å². The van der Waals surface area contributed by atoms with Crippen LogP contribution in [0.15, 0.2) is 36.4 Å². The van der Waals surface area contributed by atoms with Gasteiger partial charge in [0, 0.05) is 19.1 Å². The molecule has 0 aromatic heterocycles. The summed E-state index contributed by atoms with van der Waals surface area (Å²) in [6.45, 7) is 2.70. The van der Waals surface area contributed by atoms with Gasteiger partial charge in [0.15, 0.2) is 5.75 Å². The Morgan fingerprint density at radius 2 is 1.49 bits per heavy atom. The number of phenolic OH excluding ortho intramolecular Hbond substituents is 1. The molecule has 0 aliphatic carbocycles. The smallest absolute Gasteiger partial charge is 0.416 e. The molecule has 1 heterocycles. The average Bonchev–Trinajstić information content (AvgIpc) is 2.75. The largest absolute Gasteiger partial charge is 0.505 e. The lowest BCUT2D eigenvalue weighted by Crippen LogP contribution is -2.47. The fourth-order valence-electron chi connectivity index (χ4n) is 3.79. The number of hydrogen-bond donors (Lipinski definition) is 4. The van der Waals surface area contributed by atoms with Crippen LogP contribution in [-0.2, 0) is 21.9 Å². The van der Waals surface area contributed by atoms with Gasteiger partial charge in [0.25, 0.3) is 10.1 Å². The molecule has 196 valence electrons. The van der Waals surface area contributed by atoms with Crippen LogP contribution in [0.3, 0.4) is 0 Å². The fraction of sp³-hybridized carbons (Fsp3) is 0.455. The number of likely N-dealkylation sites (tertiary alicyclic amines) is 1. The minimum absolute atomic E-state index is 0.0408. The lowest BCUT2D eigenvalue weighted by Gasteiger charge is -2.42. The van der Waals surface area contributed by atoms with E-state index in [0.29, 0.717) is 43.3 Å². The number of benzene rings is 2. The van der Waals surface area contributed by atoms with Crippen molar-refractivity contribution in [2.75, 3.05) is 19.3 Å². The van der Waals surface area contributed by atoms with Crippen LogP contribution in [0.5, 0.6) is 5.75 Å². The maximum Gasteiger partial charge on any atom is 0.416 e. The summed E-state index contributed by atoms with van der Waals surface area (Å²) in [6, 6.07) is 7.15. The minimum atomic E-state index is -4.42. The first-order valence-electron chi connectivity index (χ1n) is 10.3. The first-order chi connectivity index (χ1) is 15.9. The van der Waals surface area contributed by atoms with Gasteiger partial charge in [0.2, 0.25) is 0 Å². The van der Waals surface area contributed by atoms with Crippen molar-refractivity contribution in [3.8, 4) is 5.75 Å². The average molecular weight is 560 g/mol. The number of halogens is 5. The van der Waals surface area contributed by atoms with E-state index < -0.39 is 33.6 Å². The fourth-order valence-corrected chi connectivity index (χ4v) is 4.30. The van der Waals surface area contributed by atoms with Gasteiger partial charge in [0.1, 0.15) is 0 Å². The van der Waals surface area contributed by atoms with Gasteiger partial charge in [-0.05, 0) is 55.2 Å². The van der Waals surface area contributed by atoms with E-state index in [1.807, 2.05) is 11.8 Å². The molecule has 2 aromatic carbocycles. The normalized spacial score (nSPS) is 18.3. The molecule has 0 bridgehead atoms. The van der Waals surface area contributed by atoms with Crippen molar-refractivity contribution < 1.29 is 41.5 Å². The van der Waals surface area contributed by atoms with Crippen molar-refractivity contribution in [3.05, 3.63) is 63.1 Å². The highest BCUT2D eigenvalue weighted by Crippen LogP contribution is 2.39. The lowest BCUT2D eigenvalue weighted by molar-refractivity contribution is -0.137. The van der Waals surface area contributed by atoms with Gasteiger partial charge in [-0.25, -0.2) is 0 Å². The second-order valence-electron chi connectivity index (χ2n) is 8.39. The number of nitrogens with zero attached hydrogens (tertiary/aromatic N) is 1. The zero-order chi connectivity index (χ0) is 26.8. The van der Waals surface area contributed by atoms with Crippen molar-refractivity contribution in [2.45, 2.75) is 43.7 Å². The maximum absolute atomic E-state index is 12.8. The van der Waals surface area contributed by atoms with Crippen molar-refractivity contribution >= 4 is 33.3 Å². The second-order valence-corrected chi connectivity index (χ2v) is 10.7. The minimum Gasteiger partial charge on any atom is -0.505 e. The van der Waals surface area contributed by atoms with Crippen LogP contribution in [0.2, 0.25) is 10.0 Å². The molecule has 2 unspecified atom stereocenters. The third-order valence-corrected chi connectivity index (χ3v) is 6.36. The molecule has 1 aliphatic rings. The molecular formula is C22H26Cl2F3NO6S. The molecule has 0 radical (unpaired) electrons. The van der Waals surface area contributed by atoms with Crippen LogP contribution in [-0.4, -0.2) is 58.6 Å². The first-order valence-corrected chi connectivity index (χ1v) is 13.0. The number of piperidine rings is 1. The van der Waals surface area contributed by atoms with Gasteiger partial charge in [-0.15, -0.1) is 0 Å². The molecule has 0 spiro atoms. The van der Waals surface area contributed by atoms with E-state index in [1.165, 1.54) is 24.3 Å². The summed E-state index contributed by atoms with van der Waals surface area (Å²) in [7, 11) is -3.67. The molecule has 2 aromatic rings. The number of aliphatic hydroxyl groups excluding tert-OH is 1. The van der Waals surface area contributed by atoms with E-state index in [1.54, 1.807) is 0 Å². The zero-order valence-corrected chi connectivity index (χ0v) is 21.1. The van der Waals surface area contributed by atoms with Gasteiger partial charge >= 0.3 is 6.18 Å². The molecule has 0 saturated carbocycles. The molecular weight excluding hydrogens is 534 g/mol. The highest BCUT2D eigenvalue weighted by Gasteiger charge is 2.38. The Morgan fingerprint density at radius 1 is 1.06 bits per heavy atom. The Bertz CT molecular complexity index is 1090.